The highest BCUT2D eigenvalue weighted by Crippen LogP contribution is 2.17. The van der Waals surface area contributed by atoms with Crippen LogP contribution in [-0.2, 0) is 0 Å². The molecule has 6 N–H and O–H groups in total. The summed E-state index contributed by atoms with van der Waals surface area (Å²) in [4.78, 5) is 0. The average Bonchev–Trinajstić information content (AvgIpc) is 2.44. The van der Waals surface area contributed by atoms with Crippen molar-refractivity contribution in [2.75, 3.05) is 18.1 Å². The fraction of sp³-hybridized carbons (Fsp3) is 0.714. The van der Waals surface area contributed by atoms with Crippen molar-refractivity contribution < 1.29 is 0 Å². The van der Waals surface area contributed by atoms with E-state index in [1.807, 2.05) is 6.92 Å². The number of hydrogen-bond donors (Lipinski definition) is 3. The summed E-state index contributed by atoms with van der Waals surface area (Å²) in [6, 6.07) is 0. The van der Waals surface area contributed by atoms with Crippen LogP contribution >= 0.6 is 0 Å². The smallest absolute Gasteiger partial charge is 0.240 e. The van der Waals surface area contributed by atoms with Crippen LogP contribution in [-0.4, -0.2) is 21.4 Å². The lowest BCUT2D eigenvalue weighted by molar-refractivity contribution is 0.594. The van der Waals surface area contributed by atoms with E-state index in [1.165, 1.54) is 4.68 Å². The molecule has 1 rings (SSSR count). The van der Waals surface area contributed by atoms with E-state index in [1.54, 1.807) is 0 Å². The number of anilines is 1. The first kappa shape index (κ1) is 9.79. The van der Waals surface area contributed by atoms with E-state index in [-0.39, 0.29) is 11.9 Å². The molecule has 0 saturated carbocycles. The second kappa shape index (κ2) is 4.08. The van der Waals surface area contributed by atoms with Gasteiger partial charge >= 0.3 is 0 Å². The van der Waals surface area contributed by atoms with E-state index in [4.69, 9.17) is 17.3 Å². The van der Waals surface area contributed by atoms with Crippen LogP contribution in [0.1, 0.15) is 31.5 Å². The van der Waals surface area contributed by atoms with Crippen molar-refractivity contribution in [1.82, 2.24) is 14.9 Å². The molecule has 1 aromatic rings. The lowest BCUT2D eigenvalue weighted by Gasteiger charge is -2.08. The molecule has 0 radical (unpaired) electrons. The van der Waals surface area contributed by atoms with E-state index in [0.29, 0.717) is 12.4 Å². The highest BCUT2D eigenvalue weighted by Gasteiger charge is 2.13. The Labute approximate surface area is 77.1 Å². The maximum Gasteiger partial charge on any atom is 0.240 e. The largest absolute Gasteiger partial charge is 0.366 e. The second-order valence-electron chi connectivity index (χ2n) is 3.12. The van der Waals surface area contributed by atoms with E-state index < -0.39 is 0 Å². The topological polar surface area (TPSA) is 109 Å². The summed E-state index contributed by atoms with van der Waals surface area (Å²) >= 11 is 0. The molecule has 1 unspecified atom stereocenters. The Morgan fingerprint density at radius 2 is 2.15 bits per heavy atom. The molecular weight excluding hydrogens is 168 g/mol. The van der Waals surface area contributed by atoms with Crippen LogP contribution < -0.4 is 17.3 Å². The molecule has 0 bridgehead atoms. The zero-order valence-corrected chi connectivity index (χ0v) is 7.77. The quantitative estimate of drug-likeness (QED) is 0.542. The third-order valence-corrected chi connectivity index (χ3v) is 2.03. The molecule has 0 aliphatic heterocycles. The fourth-order valence-corrected chi connectivity index (χ4v) is 1.21. The molecule has 0 spiro atoms. The molecule has 0 aliphatic carbocycles. The van der Waals surface area contributed by atoms with Crippen LogP contribution in [0.3, 0.4) is 0 Å². The molecular formula is C7H16N6. The van der Waals surface area contributed by atoms with Crippen molar-refractivity contribution in [3.8, 4) is 0 Å². The highest BCUT2D eigenvalue weighted by molar-refractivity contribution is 5.18. The summed E-state index contributed by atoms with van der Waals surface area (Å²) in [5, 5.41) is 7.57. The van der Waals surface area contributed by atoms with Crippen molar-refractivity contribution >= 4 is 5.95 Å². The van der Waals surface area contributed by atoms with Crippen molar-refractivity contribution in [1.29, 1.82) is 0 Å². The van der Waals surface area contributed by atoms with E-state index in [2.05, 4.69) is 10.2 Å². The summed E-state index contributed by atoms with van der Waals surface area (Å²) in [6.45, 7) is 2.71. The molecule has 6 nitrogen and oxygen atoms in total. The van der Waals surface area contributed by atoms with Crippen LogP contribution in [0.5, 0.6) is 0 Å². The van der Waals surface area contributed by atoms with Crippen molar-refractivity contribution in [2.24, 2.45) is 5.73 Å². The van der Waals surface area contributed by atoms with Gasteiger partial charge in [0.15, 0.2) is 5.82 Å². The van der Waals surface area contributed by atoms with Gasteiger partial charge in [0.1, 0.15) is 0 Å². The molecule has 0 amide bonds. The maximum atomic E-state index is 5.61. The summed E-state index contributed by atoms with van der Waals surface area (Å²) in [5.74, 6) is 6.82. The minimum atomic E-state index is 0.245. The van der Waals surface area contributed by atoms with Crippen LogP contribution in [0, 0.1) is 0 Å². The normalized spacial score (nSPS) is 13.1. The predicted molar refractivity (Wildman–Crippen MR) is 51.3 cm³/mol. The van der Waals surface area contributed by atoms with Gasteiger partial charge in [-0.05, 0) is 19.4 Å². The molecule has 0 aliphatic rings. The Bertz CT molecular complexity index is 268. The van der Waals surface area contributed by atoms with Gasteiger partial charge in [0.2, 0.25) is 5.95 Å². The molecule has 6 heteroatoms. The number of hydrogen-bond acceptors (Lipinski definition) is 5. The minimum Gasteiger partial charge on any atom is -0.366 e. The lowest BCUT2D eigenvalue weighted by Crippen LogP contribution is -2.17. The molecule has 0 fully saturated rings. The average molecular weight is 184 g/mol. The molecule has 0 saturated heterocycles. The summed E-state index contributed by atoms with van der Waals surface area (Å²) in [5.41, 5.74) is 10.8. The molecule has 74 valence electrons. The first-order valence-electron chi connectivity index (χ1n) is 4.32. The third-order valence-electron chi connectivity index (χ3n) is 2.03. The Hall–Kier alpha value is -1.30. The maximum absolute atomic E-state index is 5.61. The van der Waals surface area contributed by atoms with Gasteiger partial charge < -0.3 is 17.3 Å². The summed E-state index contributed by atoms with van der Waals surface area (Å²) < 4.78 is 1.32. The third kappa shape index (κ3) is 2.09. The van der Waals surface area contributed by atoms with Crippen LogP contribution in [0.2, 0.25) is 0 Å². The van der Waals surface area contributed by atoms with Gasteiger partial charge in [0, 0.05) is 5.92 Å². The fourth-order valence-electron chi connectivity index (χ4n) is 1.21. The number of nitrogens with zero attached hydrogens (tertiary/aromatic N) is 3. The second-order valence-corrected chi connectivity index (χ2v) is 3.12. The van der Waals surface area contributed by atoms with E-state index >= 15 is 0 Å². The highest BCUT2D eigenvalue weighted by atomic mass is 15.4. The van der Waals surface area contributed by atoms with E-state index in [9.17, 15) is 0 Å². The Kier molecular flexibility index (Phi) is 3.07. The van der Waals surface area contributed by atoms with Crippen LogP contribution in [0.4, 0.5) is 5.95 Å². The molecule has 13 heavy (non-hydrogen) atoms. The van der Waals surface area contributed by atoms with Crippen molar-refractivity contribution in [3.05, 3.63) is 5.82 Å². The van der Waals surface area contributed by atoms with Crippen molar-refractivity contribution in [2.45, 2.75) is 25.7 Å². The monoisotopic (exact) mass is 184 g/mol. The van der Waals surface area contributed by atoms with Gasteiger partial charge in [-0.15, -0.1) is 10.2 Å². The van der Waals surface area contributed by atoms with E-state index in [0.717, 1.165) is 12.8 Å². The standard InChI is InChI=1S/C7H16N6/c1-5(3-2-4-8)6-11-12-7(9)13(6)10/h5H,2-4,8,10H2,1H3,(H2,9,12). The van der Waals surface area contributed by atoms with Gasteiger partial charge in [0.25, 0.3) is 0 Å². The molecule has 1 heterocycles. The van der Waals surface area contributed by atoms with Gasteiger partial charge in [-0.25, -0.2) is 4.68 Å². The van der Waals surface area contributed by atoms with Gasteiger partial charge in [-0.2, -0.15) is 0 Å². The van der Waals surface area contributed by atoms with Crippen molar-refractivity contribution in [3.63, 3.8) is 0 Å². The Morgan fingerprint density at radius 3 is 2.62 bits per heavy atom. The number of rotatable bonds is 4. The minimum absolute atomic E-state index is 0.245. The summed E-state index contributed by atoms with van der Waals surface area (Å²) in [6.07, 6.45) is 1.90. The number of aromatic nitrogens is 3. The summed E-state index contributed by atoms with van der Waals surface area (Å²) in [7, 11) is 0. The lowest BCUT2D eigenvalue weighted by atomic mass is 10.1. The number of nitrogen functional groups attached to an aromatic ring is 2. The van der Waals surface area contributed by atoms with Gasteiger partial charge in [-0.1, -0.05) is 6.92 Å². The molecule has 1 atom stereocenters. The SMILES string of the molecule is CC(CCCN)c1nnc(N)n1N. The zero-order valence-electron chi connectivity index (χ0n) is 7.77. The number of nitrogens with two attached hydrogens (primary N) is 3. The first-order valence-corrected chi connectivity index (χ1v) is 4.32. The van der Waals surface area contributed by atoms with Gasteiger partial charge in [0.05, 0.1) is 0 Å². The Morgan fingerprint density at radius 1 is 1.46 bits per heavy atom. The first-order chi connectivity index (χ1) is 6.16. The van der Waals surface area contributed by atoms with Gasteiger partial charge in [-0.3, -0.25) is 0 Å². The predicted octanol–water partition coefficient (Wildman–Crippen LogP) is -0.583. The van der Waals surface area contributed by atoms with Crippen LogP contribution in [0.15, 0.2) is 0 Å². The molecule has 1 aromatic heterocycles. The zero-order chi connectivity index (χ0) is 9.84. The Balaban J connectivity index is 2.65. The molecule has 0 aromatic carbocycles. The van der Waals surface area contributed by atoms with Crippen LogP contribution in [0.25, 0.3) is 0 Å².